The molecule has 4 rings (SSSR count). The molecule has 7 nitrogen and oxygen atoms in total. The van der Waals surface area contributed by atoms with E-state index in [9.17, 15) is 14.7 Å². The highest BCUT2D eigenvalue weighted by Gasteiger charge is 2.54. The molecule has 154 valence electrons. The Hall–Kier alpha value is -1.70. The molecule has 1 aromatic heterocycles. The Balaban J connectivity index is 1.38. The summed E-state index contributed by atoms with van der Waals surface area (Å²) in [5.74, 6) is 0.197. The first-order chi connectivity index (χ1) is 13.4. The Morgan fingerprint density at radius 2 is 2.07 bits per heavy atom. The Morgan fingerprint density at radius 1 is 1.32 bits per heavy atom. The third-order valence-electron chi connectivity index (χ3n) is 6.95. The van der Waals surface area contributed by atoms with Crippen LogP contribution in [0.25, 0.3) is 0 Å². The monoisotopic (exact) mass is 389 g/mol. The molecule has 1 amide bonds. The summed E-state index contributed by atoms with van der Waals surface area (Å²) in [4.78, 5) is 28.7. The first-order valence-electron chi connectivity index (χ1n) is 10.4. The number of aliphatic hydroxyl groups is 1. The van der Waals surface area contributed by atoms with Gasteiger partial charge in [-0.2, -0.15) is 0 Å². The maximum absolute atomic E-state index is 12.5. The van der Waals surface area contributed by atoms with Gasteiger partial charge in [-0.15, -0.1) is 0 Å². The van der Waals surface area contributed by atoms with Crippen molar-refractivity contribution in [3.05, 3.63) is 34.2 Å². The number of carbonyl (C=O) groups is 1. The number of H-pyrrole nitrogens is 1. The Morgan fingerprint density at radius 3 is 2.68 bits per heavy atom. The molecule has 0 unspecified atom stereocenters. The lowest BCUT2D eigenvalue weighted by Crippen LogP contribution is -2.69. The average molecular weight is 389 g/mol. The van der Waals surface area contributed by atoms with Gasteiger partial charge in [-0.25, -0.2) is 0 Å². The zero-order valence-corrected chi connectivity index (χ0v) is 16.6. The number of pyridine rings is 1. The van der Waals surface area contributed by atoms with Crippen molar-refractivity contribution in [1.82, 2.24) is 15.2 Å². The summed E-state index contributed by atoms with van der Waals surface area (Å²) in [6, 6.07) is 3.40. The number of rotatable bonds is 4. The van der Waals surface area contributed by atoms with Gasteiger partial charge in [-0.05, 0) is 44.6 Å². The molecule has 1 aromatic rings. The standard InChI is InChI=1S/C21H31N3O4/c1-20(23-18(26)16-3-2-4-16)9-12-28-21(19(20)27)7-10-24(11-8-21)14-15-5-6-17(25)22-13-15/h5-6,13,16,19,27H,2-4,7-12,14H2,1H3,(H,22,25)(H,23,26)/t19-,20+/m1/s1. The van der Waals surface area contributed by atoms with Gasteiger partial charge in [0.25, 0.3) is 0 Å². The summed E-state index contributed by atoms with van der Waals surface area (Å²) < 4.78 is 6.14. The van der Waals surface area contributed by atoms with Crippen molar-refractivity contribution >= 4 is 5.91 Å². The van der Waals surface area contributed by atoms with E-state index >= 15 is 0 Å². The second-order valence-corrected chi connectivity index (χ2v) is 8.94. The lowest BCUT2D eigenvalue weighted by Gasteiger charge is -2.54. The first kappa shape index (κ1) is 19.6. The molecule has 0 radical (unpaired) electrons. The lowest BCUT2D eigenvalue weighted by molar-refractivity contribution is -0.208. The third kappa shape index (κ3) is 3.75. The maximum Gasteiger partial charge on any atom is 0.247 e. The van der Waals surface area contributed by atoms with Crippen molar-refractivity contribution in [2.75, 3.05) is 19.7 Å². The molecule has 7 heteroatoms. The minimum absolute atomic E-state index is 0.0837. The van der Waals surface area contributed by atoms with E-state index in [-0.39, 0.29) is 17.4 Å². The van der Waals surface area contributed by atoms with E-state index in [1.54, 1.807) is 12.3 Å². The van der Waals surface area contributed by atoms with Crippen LogP contribution in [0.4, 0.5) is 0 Å². The molecular formula is C21H31N3O4. The number of ether oxygens (including phenoxy) is 1. The van der Waals surface area contributed by atoms with Crippen LogP contribution in [0.3, 0.4) is 0 Å². The van der Waals surface area contributed by atoms with E-state index in [1.165, 1.54) is 0 Å². The summed E-state index contributed by atoms with van der Waals surface area (Å²) >= 11 is 0. The second kappa shape index (κ2) is 7.61. The smallest absolute Gasteiger partial charge is 0.247 e. The summed E-state index contributed by atoms with van der Waals surface area (Å²) in [6.07, 6.45) is 6.17. The van der Waals surface area contributed by atoms with Crippen LogP contribution in [0.15, 0.2) is 23.1 Å². The van der Waals surface area contributed by atoms with E-state index in [2.05, 4.69) is 15.2 Å². The molecule has 1 aliphatic carbocycles. The Bertz CT molecular complexity index is 747. The van der Waals surface area contributed by atoms with Crippen molar-refractivity contribution in [2.45, 2.75) is 69.2 Å². The molecule has 0 aromatic carbocycles. The molecule has 28 heavy (non-hydrogen) atoms. The van der Waals surface area contributed by atoms with Gasteiger partial charge in [0.1, 0.15) is 6.10 Å². The fraction of sp³-hybridized carbons (Fsp3) is 0.714. The van der Waals surface area contributed by atoms with Gasteiger partial charge in [0.15, 0.2) is 0 Å². The van der Waals surface area contributed by atoms with Crippen LogP contribution in [0.1, 0.15) is 51.0 Å². The summed E-state index contributed by atoms with van der Waals surface area (Å²) in [7, 11) is 0. The normalized spacial score (nSPS) is 30.7. The number of hydrogen-bond acceptors (Lipinski definition) is 5. The average Bonchev–Trinajstić information content (AvgIpc) is 2.62. The SMILES string of the molecule is C[C@]1(NC(=O)C2CCC2)CCOC2(CCN(Cc3ccc(=O)[nH]c3)CC2)[C@@H]1O. The van der Waals surface area contributed by atoms with Gasteiger partial charge in [-0.3, -0.25) is 14.5 Å². The molecular weight excluding hydrogens is 358 g/mol. The number of amides is 1. The van der Waals surface area contributed by atoms with Crippen LogP contribution >= 0.6 is 0 Å². The first-order valence-corrected chi connectivity index (χ1v) is 10.4. The van der Waals surface area contributed by atoms with Gasteiger partial charge >= 0.3 is 0 Å². The molecule has 3 N–H and O–H groups in total. The lowest BCUT2D eigenvalue weighted by atomic mass is 9.72. The van der Waals surface area contributed by atoms with E-state index in [0.717, 1.165) is 57.3 Å². The highest BCUT2D eigenvalue weighted by molar-refractivity contribution is 5.80. The number of hydrogen-bond donors (Lipinski definition) is 3. The molecule has 2 atom stereocenters. The van der Waals surface area contributed by atoms with Crippen LogP contribution in [0, 0.1) is 5.92 Å². The minimum Gasteiger partial charge on any atom is -0.388 e. The van der Waals surface area contributed by atoms with Gasteiger partial charge in [0.05, 0.1) is 11.1 Å². The number of aliphatic hydroxyl groups excluding tert-OH is 1. The Kier molecular flexibility index (Phi) is 5.33. The van der Waals surface area contributed by atoms with Crippen molar-refractivity contribution in [3.8, 4) is 0 Å². The van der Waals surface area contributed by atoms with E-state index in [4.69, 9.17) is 4.74 Å². The Labute approximate surface area is 165 Å². The molecule has 0 bridgehead atoms. The maximum atomic E-state index is 12.5. The number of aromatic amines is 1. The molecule has 2 saturated heterocycles. The number of piperidine rings is 1. The summed E-state index contributed by atoms with van der Waals surface area (Å²) in [5, 5.41) is 14.4. The van der Waals surface area contributed by atoms with Crippen molar-refractivity contribution in [1.29, 1.82) is 0 Å². The number of nitrogens with zero attached hydrogens (tertiary/aromatic N) is 1. The third-order valence-corrected chi connectivity index (χ3v) is 6.95. The van der Waals surface area contributed by atoms with Crippen molar-refractivity contribution in [2.24, 2.45) is 5.92 Å². The fourth-order valence-electron chi connectivity index (χ4n) is 4.75. The zero-order chi connectivity index (χ0) is 19.8. The topological polar surface area (TPSA) is 94.7 Å². The molecule has 3 fully saturated rings. The summed E-state index contributed by atoms with van der Waals surface area (Å²) in [6.45, 7) is 4.90. The number of aromatic nitrogens is 1. The molecule has 3 aliphatic rings. The van der Waals surface area contributed by atoms with Crippen LogP contribution < -0.4 is 10.9 Å². The van der Waals surface area contributed by atoms with Crippen LogP contribution in [-0.2, 0) is 16.1 Å². The van der Waals surface area contributed by atoms with Crippen molar-refractivity contribution < 1.29 is 14.6 Å². The van der Waals surface area contributed by atoms with Gasteiger partial charge in [0.2, 0.25) is 11.5 Å². The van der Waals surface area contributed by atoms with Crippen molar-refractivity contribution in [3.63, 3.8) is 0 Å². The predicted molar refractivity (Wildman–Crippen MR) is 105 cm³/mol. The zero-order valence-electron chi connectivity index (χ0n) is 16.6. The highest BCUT2D eigenvalue weighted by atomic mass is 16.5. The summed E-state index contributed by atoms with van der Waals surface area (Å²) in [5.41, 5.74) is -0.255. The highest BCUT2D eigenvalue weighted by Crippen LogP contribution is 2.40. The van der Waals surface area contributed by atoms with Gasteiger partial charge in [-0.1, -0.05) is 12.5 Å². The largest absolute Gasteiger partial charge is 0.388 e. The molecule has 1 spiro atoms. The second-order valence-electron chi connectivity index (χ2n) is 8.94. The van der Waals surface area contributed by atoms with E-state index in [1.807, 2.05) is 13.0 Å². The van der Waals surface area contributed by atoms with E-state index < -0.39 is 17.2 Å². The predicted octanol–water partition coefficient (Wildman–Crippen LogP) is 1.17. The number of nitrogens with one attached hydrogen (secondary N) is 2. The molecule has 2 aliphatic heterocycles. The molecule has 1 saturated carbocycles. The van der Waals surface area contributed by atoms with Gasteiger partial charge in [0, 0.05) is 44.4 Å². The number of likely N-dealkylation sites (tertiary alicyclic amines) is 1. The van der Waals surface area contributed by atoms with Gasteiger partial charge < -0.3 is 20.1 Å². The van der Waals surface area contributed by atoms with Crippen LogP contribution in [-0.4, -0.2) is 57.8 Å². The van der Waals surface area contributed by atoms with E-state index in [0.29, 0.717) is 13.0 Å². The number of carbonyl (C=O) groups excluding carboxylic acids is 1. The quantitative estimate of drug-likeness (QED) is 0.719. The van der Waals surface area contributed by atoms with Crippen LogP contribution in [0.2, 0.25) is 0 Å². The minimum atomic E-state index is -0.715. The van der Waals surface area contributed by atoms with Crippen LogP contribution in [0.5, 0.6) is 0 Å². The molecule has 3 heterocycles. The fourth-order valence-corrected chi connectivity index (χ4v) is 4.75.